The molecule has 0 aliphatic rings. The number of rotatable bonds is 3. The summed E-state index contributed by atoms with van der Waals surface area (Å²) in [6, 6.07) is 2.22. The third kappa shape index (κ3) is 2.96. The molecule has 0 aliphatic heterocycles. The fourth-order valence-corrected chi connectivity index (χ4v) is 1.64. The zero-order valence-electron chi connectivity index (χ0n) is 11.7. The lowest BCUT2D eigenvalue weighted by Gasteiger charge is -2.31. The summed E-state index contributed by atoms with van der Waals surface area (Å²) in [5, 5.41) is 20.6. The van der Waals surface area contributed by atoms with Crippen molar-refractivity contribution in [1.29, 1.82) is 5.26 Å². The number of nitrogens with one attached hydrogen (secondary N) is 1. The topological polar surface area (TPSA) is 87.6 Å². The first-order valence-electron chi connectivity index (χ1n) is 6.01. The molecule has 1 rings (SSSR count). The van der Waals surface area contributed by atoms with Crippen LogP contribution in [0.25, 0.3) is 0 Å². The molecule has 0 spiro atoms. The van der Waals surface area contributed by atoms with Crippen molar-refractivity contribution in [3.05, 3.63) is 16.8 Å². The summed E-state index contributed by atoms with van der Waals surface area (Å²) < 4.78 is 0. The normalized spacial score (nSPS) is 12.9. The molecule has 1 unspecified atom stereocenters. The number of aryl methyl sites for hydroxylation is 1. The van der Waals surface area contributed by atoms with Gasteiger partial charge in [0.25, 0.3) is 0 Å². The Labute approximate surface area is 108 Å². The van der Waals surface area contributed by atoms with E-state index in [1.165, 1.54) is 0 Å². The molecule has 0 amide bonds. The SMILES string of the molecule is Cc1nnc(NC(CN)C(C)(C)C)c(C#N)c1C. The molecule has 0 saturated carbocycles. The van der Waals surface area contributed by atoms with Crippen LogP contribution in [0.3, 0.4) is 0 Å². The molecule has 0 bridgehead atoms. The first kappa shape index (κ1) is 14.4. The van der Waals surface area contributed by atoms with E-state index in [0.29, 0.717) is 17.9 Å². The van der Waals surface area contributed by atoms with Crippen LogP contribution in [0.2, 0.25) is 0 Å². The first-order valence-corrected chi connectivity index (χ1v) is 6.01. The number of aromatic nitrogens is 2. The van der Waals surface area contributed by atoms with Gasteiger partial charge in [-0.25, -0.2) is 0 Å². The van der Waals surface area contributed by atoms with E-state index in [1.807, 2.05) is 13.8 Å². The molecule has 1 aromatic rings. The van der Waals surface area contributed by atoms with Crippen molar-refractivity contribution in [3.63, 3.8) is 0 Å². The summed E-state index contributed by atoms with van der Waals surface area (Å²) in [4.78, 5) is 0. The smallest absolute Gasteiger partial charge is 0.167 e. The van der Waals surface area contributed by atoms with E-state index in [9.17, 15) is 5.26 Å². The van der Waals surface area contributed by atoms with Gasteiger partial charge < -0.3 is 11.1 Å². The minimum absolute atomic E-state index is 0.0120. The van der Waals surface area contributed by atoms with Crippen molar-refractivity contribution >= 4 is 5.82 Å². The lowest BCUT2D eigenvalue weighted by Crippen LogP contribution is -2.41. The average molecular weight is 247 g/mol. The molecule has 1 atom stereocenters. The zero-order chi connectivity index (χ0) is 13.9. The highest BCUT2D eigenvalue weighted by Gasteiger charge is 2.25. The van der Waals surface area contributed by atoms with Crippen molar-refractivity contribution < 1.29 is 0 Å². The van der Waals surface area contributed by atoms with Crippen LogP contribution in [0.4, 0.5) is 5.82 Å². The Kier molecular flexibility index (Phi) is 4.25. The van der Waals surface area contributed by atoms with Crippen LogP contribution in [-0.2, 0) is 0 Å². The summed E-state index contributed by atoms with van der Waals surface area (Å²) >= 11 is 0. The summed E-state index contributed by atoms with van der Waals surface area (Å²) in [7, 11) is 0. The van der Waals surface area contributed by atoms with Crippen LogP contribution >= 0.6 is 0 Å². The molecule has 1 heterocycles. The quantitative estimate of drug-likeness (QED) is 0.849. The van der Waals surface area contributed by atoms with E-state index >= 15 is 0 Å². The lowest BCUT2D eigenvalue weighted by molar-refractivity contribution is 0.345. The Morgan fingerprint density at radius 1 is 1.33 bits per heavy atom. The van der Waals surface area contributed by atoms with Crippen LogP contribution in [0, 0.1) is 30.6 Å². The Balaban J connectivity index is 3.13. The van der Waals surface area contributed by atoms with Crippen LogP contribution in [0.15, 0.2) is 0 Å². The molecule has 1 aromatic heterocycles. The molecule has 0 aromatic carbocycles. The first-order chi connectivity index (χ1) is 8.31. The van der Waals surface area contributed by atoms with E-state index in [2.05, 4.69) is 42.4 Å². The van der Waals surface area contributed by atoms with Gasteiger partial charge in [-0.05, 0) is 24.8 Å². The fraction of sp³-hybridized carbons (Fsp3) is 0.615. The van der Waals surface area contributed by atoms with E-state index < -0.39 is 0 Å². The van der Waals surface area contributed by atoms with Crippen molar-refractivity contribution in [2.75, 3.05) is 11.9 Å². The number of nitrogens with zero attached hydrogens (tertiary/aromatic N) is 3. The Morgan fingerprint density at radius 3 is 2.39 bits per heavy atom. The molecule has 0 radical (unpaired) electrons. The molecule has 0 aliphatic carbocycles. The molecule has 98 valence electrons. The van der Waals surface area contributed by atoms with E-state index in [1.54, 1.807) is 0 Å². The summed E-state index contributed by atoms with van der Waals surface area (Å²) in [6.45, 7) is 10.5. The van der Waals surface area contributed by atoms with E-state index in [4.69, 9.17) is 5.73 Å². The van der Waals surface area contributed by atoms with Crippen molar-refractivity contribution in [1.82, 2.24) is 10.2 Å². The van der Waals surface area contributed by atoms with Crippen molar-refractivity contribution in [3.8, 4) is 6.07 Å². The second kappa shape index (κ2) is 5.32. The maximum absolute atomic E-state index is 9.22. The minimum Gasteiger partial charge on any atom is -0.363 e. The van der Waals surface area contributed by atoms with Crippen molar-refractivity contribution in [2.45, 2.75) is 40.7 Å². The average Bonchev–Trinajstić information content (AvgIpc) is 2.29. The monoisotopic (exact) mass is 247 g/mol. The second-order valence-electron chi connectivity index (χ2n) is 5.54. The number of hydrogen-bond acceptors (Lipinski definition) is 5. The van der Waals surface area contributed by atoms with Gasteiger partial charge in [-0.3, -0.25) is 0 Å². The van der Waals surface area contributed by atoms with Gasteiger partial charge in [0, 0.05) is 12.6 Å². The van der Waals surface area contributed by atoms with Gasteiger partial charge in [0.15, 0.2) is 5.82 Å². The van der Waals surface area contributed by atoms with Gasteiger partial charge in [-0.15, -0.1) is 5.10 Å². The molecular weight excluding hydrogens is 226 g/mol. The molecule has 5 heteroatoms. The fourth-order valence-electron chi connectivity index (χ4n) is 1.64. The van der Waals surface area contributed by atoms with Gasteiger partial charge in [0.05, 0.1) is 5.69 Å². The van der Waals surface area contributed by atoms with Gasteiger partial charge in [-0.2, -0.15) is 10.4 Å². The van der Waals surface area contributed by atoms with E-state index in [0.717, 1.165) is 11.3 Å². The summed E-state index contributed by atoms with van der Waals surface area (Å²) in [5.41, 5.74) is 7.94. The lowest BCUT2D eigenvalue weighted by atomic mass is 9.86. The second-order valence-corrected chi connectivity index (χ2v) is 5.54. The molecule has 0 saturated heterocycles. The zero-order valence-corrected chi connectivity index (χ0v) is 11.7. The maximum Gasteiger partial charge on any atom is 0.167 e. The van der Waals surface area contributed by atoms with E-state index in [-0.39, 0.29) is 11.5 Å². The third-order valence-corrected chi connectivity index (χ3v) is 3.16. The van der Waals surface area contributed by atoms with Gasteiger partial charge >= 0.3 is 0 Å². The van der Waals surface area contributed by atoms with Crippen LogP contribution < -0.4 is 11.1 Å². The number of nitrogens with two attached hydrogens (primary N) is 1. The summed E-state index contributed by atoms with van der Waals surface area (Å²) in [6.07, 6.45) is 0. The molecular formula is C13H21N5. The Bertz CT molecular complexity index is 467. The Morgan fingerprint density at radius 2 is 1.94 bits per heavy atom. The highest BCUT2D eigenvalue weighted by molar-refractivity contribution is 5.56. The highest BCUT2D eigenvalue weighted by atomic mass is 15.2. The van der Waals surface area contributed by atoms with Crippen LogP contribution in [0.1, 0.15) is 37.6 Å². The van der Waals surface area contributed by atoms with Gasteiger partial charge in [0.1, 0.15) is 11.6 Å². The third-order valence-electron chi connectivity index (χ3n) is 3.16. The number of nitriles is 1. The van der Waals surface area contributed by atoms with Crippen LogP contribution in [0.5, 0.6) is 0 Å². The maximum atomic E-state index is 9.22. The standard InChI is InChI=1S/C13H21N5/c1-8-9(2)17-18-12(10(8)6-14)16-11(7-15)13(3,4)5/h11H,7,15H2,1-5H3,(H,16,18). The molecule has 18 heavy (non-hydrogen) atoms. The van der Waals surface area contributed by atoms with Crippen molar-refractivity contribution in [2.24, 2.45) is 11.1 Å². The van der Waals surface area contributed by atoms with Gasteiger partial charge in [-0.1, -0.05) is 20.8 Å². The minimum atomic E-state index is -0.0120. The predicted molar refractivity (Wildman–Crippen MR) is 72.1 cm³/mol. The highest BCUT2D eigenvalue weighted by Crippen LogP contribution is 2.24. The molecule has 5 nitrogen and oxygen atoms in total. The predicted octanol–water partition coefficient (Wildman–Crippen LogP) is 1.75. The van der Waals surface area contributed by atoms with Gasteiger partial charge in [0.2, 0.25) is 0 Å². The largest absolute Gasteiger partial charge is 0.363 e. The number of anilines is 1. The molecule has 3 N–H and O–H groups in total. The van der Waals surface area contributed by atoms with Crippen LogP contribution in [-0.4, -0.2) is 22.8 Å². The molecule has 0 fully saturated rings. The Hall–Kier alpha value is -1.67. The number of hydrogen-bond donors (Lipinski definition) is 2. The summed E-state index contributed by atoms with van der Waals surface area (Å²) in [5.74, 6) is 0.519.